The lowest BCUT2D eigenvalue weighted by molar-refractivity contribution is -0.133. The van der Waals surface area contributed by atoms with E-state index in [2.05, 4.69) is 13.0 Å². The molecule has 0 atom stereocenters. The van der Waals surface area contributed by atoms with Crippen LogP contribution in [0.25, 0.3) is 22.6 Å². The average Bonchev–Trinajstić information content (AvgIpc) is 3.39. The first kappa shape index (κ1) is 22.4. The first-order chi connectivity index (χ1) is 17.6. The van der Waals surface area contributed by atoms with Gasteiger partial charge in [0, 0.05) is 47.0 Å². The van der Waals surface area contributed by atoms with E-state index in [9.17, 15) is 9.59 Å². The number of benzene rings is 3. The second kappa shape index (κ2) is 9.15. The van der Waals surface area contributed by atoms with Gasteiger partial charge in [-0.05, 0) is 49.1 Å². The number of carbonyl (C=O) groups excluding carboxylic acids is 2. The van der Waals surface area contributed by atoms with Crippen molar-refractivity contribution in [3.05, 3.63) is 96.2 Å². The average molecular weight is 476 g/mol. The fourth-order valence-corrected chi connectivity index (χ4v) is 5.39. The van der Waals surface area contributed by atoms with Crippen molar-refractivity contribution in [2.24, 2.45) is 5.92 Å². The molecule has 0 unspecified atom stereocenters. The van der Waals surface area contributed by atoms with Gasteiger partial charge in [0.05, 0.1) is 11.3 Å². The number of carbonyl (C=O) groups is 2. The smallest absolute Gasteiger partial charge is 0.263 e. The normalized spacial score (nSPS) is 17.2. The Labute approximate surface area is 211 Å². The zero-order chi connectivity index (χ0) is 24.6. The predicted octanol–water partition coefficient (Wildman–Crippen LogP) is 6.12. The second-order valence-corrected chi connectivity index (χ2v) is 9.84. The number of nitrogens with zero attached hydrogens (tertiary/aromatic N) is 3. The van der Waals surface area contributed by atoms with E-state index in [4.69, 9.17) is 0 Å². The van der Waals surface area contributed by atoms with Gasteiger partial charge in [-0.15, -0.1) is 0 Å². The molecule has 0 N–H and O–H groups in total. The predicted molar refractivity (Wildman–Crippen MR) is 145 cm³/mol. The SMILES string of the molecule is CC1CCN(C(=O)Cn2cc(/C=C3/C(=O)N(c4ccccc4)c4ccccc43)c3ccccc32)CC1. The Hall–Kier alpha value is -4.12. The van der Waals surface area contributed by atoms with Gasteiger partial charge in [0.15, 0.2) is 0 Å². The number of hydrogen-bond acceptors (Lipinski definition) is 2. The molecule has 2 aliphatic heterocycles. The molecule has 6 rings (SSSR count). The molecule has 3 aromatic carbocycles. The van der Waals surface area contributed by atoms with Crippen molar-refractivity contribution in [1.29, 1.82) is 0 Å². The molecule has 0 radical (unpaired) electrons. The van der Waals surface area contributed by atoms with E-state index in [1.165, 1.54) is 0 Å². The summed E-state index contributed by atoms with van der Waals surface area (Å²) in [4.78, 5) is 30.6. The van der Waals surface area contributed by atoms with Crippen molar-refractivity contribution < 1.29 is 9.59 Å². The van der Waals surface area contributed by atoms with Gasteiger partial charge in [-0.2, -0.15) is 0 Å². The third-order valence-corrected chi connectivity index (χ3v) is 7.44. The van der Waals surface area contributed by atoms with E-state index in [0.717, 1.165) is 59.3 Å². The molecule has 3 heterocycles. The number of fused-ring (bicyclic) bond motifs is 2. The standard InChI is InChI=1S/C31H29N3O2/c1-22-15-17-32(18-16-22)30(35)21-33-20-23(25-11-5-7-13-28(25)33)19-27-26-12-6-8-14-29(26)34(31(27)36)24-9-3-2-4-10-24/h2-14,19-20,22H,15-18,21H2,1H3/b27-19+. The van der Waals surface area contributed by atoms with Crippen molar-refractivity contribution >= 4 is 45.7 Å². The van der Waals surface area contributed by atoms with Crippen LogP contribution in [0, 0.1) is 5.92 Å². The van der Waals surface area contributed by atoms with E-state index in [1.807, 2.05) is 94.5 Å². The molecule has 0 aliphatic carbocycles. The van der Waals surface area contributed by atoms with E-state index in [0.29, 0.717) is 18.0 Å². The van der Waals surface area contributed by atoms with Gasteiger partial charge < -0.3 is 9.47 Å². The first-order valence-corrected chi connectivity index (χ1v) is 12.7. The van der Waals surface area contributed by atoms with E-state index >= 15 is 0 Å². The van der Waals surface area contributed by atoms with Crippen molar-refractivity contribution in [2.45, 2.75) is 26.3 Å². The topological polar surface area (TPSA) is 45.6 Å². The number of amides is 2. The Morgan fingerprint density at radius 2 is 1.61 bits per heavy atom. The van der Waals surface area contributed by atoms with Crippen LogP contribution in [-0.4, -0.2) is 34.4 Å². The fraction of sp³-hybridized carbons (Fsp3) is 0.226. The van der Waals surface area contributed by atoms with Crippen LogP contribution in [0.4, 0.5) is 11.4 Å². The van der Waals surface area contributed by atoms with E-state index in [-0.39, 0.29) is 11.8 Å². The van der Waals surface area contributed by atoms with Gasteiger partial charge >= 0.3 is 0 Å². The minimum absolute atomic E-state index is 0.0438. The molecule has 1 saturated heterocycles. The highest BCUT2D eigenvalue weighted by atomic mass is 16.2. The molecule has 1 fully saturated rings. The molecule has 36 heavy (non-hydrogen) atoms. The molecule has 4 aromatic rings. The highest BCUT2D eigenvalue weighted by Crippen LogP contribution is 2.42. The van der Waals surface area contributed by atoms with Gasteiger partial charge in [0.25, 0.3) is 5.91 Å². The van der Waals surface area contributed by atoms with Gasteiger partial charge in [-0.25, -0.2) is 0 Å². The number of aromatic nitrogens is 1. The number of hydrogen-bond donors (Lipinski definition) is 0. The van der Waals surface area contributed by atoms with Gasteiger partial charge in [0.2, 0.25) is 5.91 Å². The molecule has 0 saturated carbocycles. The Balaban J connectivity index is 1.38. The Kier molecular flexibility index (Phi) is 5.68. The molecule has 0 bridgehead atoms. The monoisotopic (exact) mass is 475 g/mol. The van der Waals surface area contributed by atoms with Crippen LogP contribution in [0.15, 0.2) is 85.1 Å². The van der Waals surface area contributed by atoms with Crippen LogP contribution in [-0.2, 0) is 16.1 Å². The summed E-state index contributed by atoms with van der Waals surface area (Å²) in [5, 5.41) is 1.04. The third-order valence-electron chi connectivity index (χ3n) is 7.44. The van der Waals surface area contributed by atoms with Crippen LogP contribution < -0.4 is 4.90 Å². The minimum Gasteiger partial charge on any atom is -0.341 e. The number of piperidine rings is 1. The van der Waals surface area contributed by atoms with Crippen LogP contribution in [0.2, 0.25) is 0 Å². The summed E-state index contributed by atoms with van der Waals surface area (Å²) in [6, 6.07) is 25.8. The molecular formula is C31H29N3O2. The summed E-state index contributed by atoms with van der Waals surface area (Å²) < 4.78 is 2.03. The van der Waals surface area contributed by atoms with Crippen molar-refractivity contribution in [1.82, 2.24) is 9.47 Å². The molecule has 1 aromatic heterocycles. The Bertz CT molecular complexity index is 1480. The van der Waals surface area contributed by atoms with Gasteiger partial charge in [0.1, 0.15) is 6.54 Å². The lowest BCUT2D eigenvalue weighted by Gasteiger charge is -2.30. The number of anilines is 2. The summed E-state index contributed by atoms with van der Waals surface area (Å²) in [5.41, 5.74) is 5.26. The van der Waals surface area contributed by atoms with Crippen LogP contribution in [0.1, 0.15) is 30.9 Å². The van der Waals surface area contributed by atoms with Crippen LogP contribution in [0.3, 0.4) is 0 Å². The molecule has 2 amide bonds. The number of para-hydroxylation sites is 3. The number of likely N-dealkylation sites (tertiary alicyclic amines) is 1. The maximum absolute atomic E-state index is 13.7. The Morgan fingerprint density at radius 3 is 2.42 bits per heavy atom. The van der Waals surface area contributed by atoms with Crippen LogP contribution >= 0.6 is 0 Å². The summed E-state index contributed by atoms with van der Waals surface area (Å²) in [6.45, 7) is 4.22. The highest BCUT2D eigenvalue weighted by Gasteiger charge is 2.33. The summed E-state index contributed by atoms with van der Waals surface area (Å²) in [5.74, 6) is 0.791. The maximum Gasteiger partial charge on any atom is 0.263 e. The first-order valence-electron chi connectivity index (χ1n) is 12.7. The quantitative estimate of drug-likeness (QED) is 0.334. The lowest BCUT2D eigenvalue weighted by atomic mass is 9.99. The summed E-state index contributed by atoms with van der Waals surface area (Å²) >= 11 is 0. The summed E-state index contributed by atoms with van der Waals surface area (Å²) in [7, 11) is 0. The van der Waals surface area contributed by atoms with Gasteiger partial charge in [-0.3, -0.25) is 14.5 Å². The van der Waals surface area contributed by atoms with Gasteiger partial charge in [-0.1, -0.05) is 61.5 Å². The maximum atomic E-state index is 13.7. The summed E-state index contributed by atoms with van der Waals surface area (Å²) in [6.07, 6.45) is 6.13. The largest absolute Gasteiger partial charge is 0.341 e. The second-order valence-electron chi connectivity index (χ2n) is 9.84. The van der Waals surface area contributed by atoms with Crippen molar-refractivity contribution in [3.8, 4) is 0 Å². The molecule has 5 heteroatoms. The van der Waals surface area contributed by atoms with Crippen molar-refractivity contribution in [3.63, 3.8) is 0 Å². The highest BCUT2D eigenvalue weighted by molar-refractivity contribution is 6.38. The van der Waals surface area contributed by atoms with Crippen LogP contribution in [0.5, 0.6) is 0 Å². The molecule has 2 aliphatic rings. The van der Waals surface area contributed by atoms with E-state index in [1.54, 1.807) is 4.90 Å². The minimum atomic E-state index is -0.0438. The Morgan fingerprint density at radius 1 is 0.917 bits per heavy atom. The zero-order valence-corrected chi connectivity index (χ0v) is 20.4. The zero-order valence-electron chi connectivity index (χ0n) is 20.4. The fourth-order valence-electron chi connectivity index (χ4n) is 5.39. The molecule has 5 nitrogen and oxygen atoms in total. The van der Waals surface area contributed by atoms with Crippen molar-refractivity contribution in [2.75, 3.05) is 18.0 Å². The van der Waals surface area contributed by atoms with E-state index < -0.39 is 0 Å². The lowest BCUT2D eigenvalue weighted by Crippen LogP contribution is -2.39. The third kappa shape index (κ3) is 3.91. The molecular weight excluding hydrogens is 446 g/mol. The molecule has 180 valence electrons. The molecule has 0 spiro atoms. The number of rotatable bonds is 4.